The van der Waals surface area contributed by atoms with Crippen LogP contribution in [0.15, 0.2) is 24.3 Å². The van der Waals surface area contributed by atoms with E-state index < -0.39 is 0 Å². The van der Waals surface area contributed by atoms with Gasteiger partial charge in [-0.25, -0.2) is 0 Å². The number of nitrogens with zero attached hydrogens (tertiary/aromatic N) is 1. The highest BCUT2D eigenvalue weighted by molar-refractivity contribution is 6.30. The molecule has 1 aromatic carbocycles. The standard InChI is InChI=1S/C15H21ClN2O/c1-15(8-3-9-17-11-15)14(19)18(2)10-12-4-6-13(16)7-5-12/h4-7,17H,3,8-11H2,1-2H3. The maximum absolute atomic E-state index is 12.6. The molecule has 3 nitrogen and oxygen atoms in total. The minimum Gasteiger partial charge on any atom is -0.341 e. The van der Waals surface area contributed by atoms with E-state index in [-0.39, 0.29) is 11.3 Å². The van der Waals surface area contributed by atoms with Crippen molar-refractivity contribution in [3.63, 3.8) is 0 Å². The lowest BCUT2D eigenvalue weighted by atomic mass is 9.81. The minimum absolute atomic E-state index is 0.217. The fraction of sp³-hybridized carbons (Fsp3) is 0.533. The van der Waals surface area contributed by atoms with Crippen LogP contribution in [0.3, 0.4) is 0 Å². The highest BCUT2D eigenvalue weighted by Gasteiger charge is 2.36. The van der Waals surface area contributed by atoms with Crippen LogP contribution in [0.1, 0.15) is 25.3 Å². The fourth-order valence-electron chi connectivity index (χ4n) is 2.64. The Kier molecular flexibility index (Phi) is 4.48. The lowest BCUT2D eigenvalue weighted by Crippen LogP contribution is -2.48. The predicted molar refractivity (Wildman–Crippen MR) is 78.1 cm³/mol. The van der Waals surface area contributed by atoms with Gasteiger partial charge in [-0.15, -0.1) is 0 Å². The van der Waals surface area contributed by atoms with Crippen LogP contribution in [-0.2, 0) is 11.3 Å². The van der Waals surface area contributed by atoms with E-state index in [0.29, 0.717) is 6.54 Å². The number of carbonyl (C=O) groups is 1. The quantitative estimate of drug-likeness (QED) is 0.923. The number of hydrogen-bond donors (Lipinski definition) is 1. The van der Waals surface area contributed by atoms with Crippen LogP contribution in [0.4, 0.5) is 0 Å². The van der Waals surface area contributed by atoms with Crippen LogP contribution in [0, 0.1) is 5.41 Å². The third-order valence-electron chi connectivity index (χ3n) is 3.79. The molecule has 4 heteroatoms. The van der Waals surface area contributed by atoms with Gasteiger partial charge in [-0.05, 0) is 44.0 Å². The van der Waals surface area contributed by atoms with E-state index in [1.807, 2.05) is 36.2 Å². The van der Waals surface area contributed by atoms with Crippen molar-refractivity contribution in [2.75, 3.05) is 20.1 Å². The molecule has 1 N–H and O–H groups in total. The molecule has 0 aromatic heterocycles. The van der Waals surface area contributed by atoms with Gasteiger partial charge in [0.05, 0.1) is 5.41 Å². The van der Waals surface area contributed by atoms with Gasteiger partial charge in [-0.3, -0.25) is 4.79 Å². The second-order valence-corrected chi connectivity index (χ2v) is 6.07. The SMILES string of the molecule is CN(Cc1ccc(Cl)cc1)C(=O)C1(C)CCCNC1. The summed E-state index contributed by atoms with van der Waals surface area (Å²) in [6, 6.07) is 7.65. The van der Waals surface area contributed by atoms with Crippen molar-refractivity contribution in [2.24, 2.45) is 5.41 Å². The van der Waals surface area contributed by atoms with Crippen molar-refractivity contribution in [1.29, 1.82) is 0 Å². The first-order valence-electron chi connectivity index (χ1n) is 6.72. The van der Waals surface area contributed by atoms with Gasteiger partial charge in [0, 0.05) is 25.2 Å². The fourth-order valence-corrected chi connectivity index (χ4v) is 2.76. The molecular formula is C15H21ClN2O. The van der Waals surface area contributed by atoms with Gasteiger partial charge < -0.3 is 10.2 Å². The van der Waals surface area contributed by atoms with Crippen molar-refractivity contribution >= 4 is 17.5 Å². The molecule has 19 heavy (non-hydrogen) atoms. The first kappa shape index (κ1) is 14.4. The molecule has 2 rings (SSSR count). The van der Waals surface area contributed by atoms with E-state index in [4.69, 9.17) is 11.6 Å². The second-order valence-electron chi connectivity index (χ2n) is 5.63. The maximum atomic E-state index is 12.6. The summed E-state index contributed by atoms with van der Waals surface area (Å²) in [6.07, 6.45) is 2.03. The average molecular weight is 281 g/mol. The summed E-state index contributed by atoms with van der Waals surface area (Å²) in [7, 11) is 1.87. The number of hydrogen-bond acceptors (Lipinski definition) is 2. The van der Waals surface area contributed by atoms with Gasteiger partial charge in [-0.2, -0.15) is 0 Å². The molecule has 1 fully saturated rings. The molecule has 1 atom stereocenters. The first-order chi connectivity index (χ1) is 9.01. The van der Waals surface area contributed by atoms with E-state index in [9.17, 15) is 4.79 Å². The molecule has 1 saturated heterocycles. The van der Waals surface area contributed by atoms with Gasteiger partial charge >= 0.3 is 0 Å². The van der Waals surface area contributed by atoms with Crippen LogP contribution < -0.4 is 5.32 Å². The van der Waals surface area contributed by atoms with Gasteiger partial charge in [0.15, 0.2) is 0 Å². The molecular weight excluding hydrogens is 260 g/mol. The number of nitrogens with one attached hydrogen (secondary N) is 1. The lowest BCUT2D eigenvalue weighted by Gasteiger charge is -2.36. The molecule has 1 aliphatic rings. The first-order valence-corrected chi connectivity index (χ1v) is 7.10. The molecule has 0 aliphatic carbocycles. The number of halogens is 1. The van der Waals surface area contributed by atoms with Crippen molar-refractivity contribution in [3.8, 4) is 0 Å². The second kappa shape index (κ2) is 5.93. The van der Waals surface area contributed by atoms with Crippen molar-refractivity contribution < 1.29 is 4.79 Å². The van der Waals surface area contributed by atoms with E-state index in [0.717, 1.165) is 36.5 Å². The summed E-state index contributed by atoms with van der Waals surface area (Å²) in [5, 5.41) is 4.04. The van der Waals surface area contributed by atoms with Gasteiger partial charge in [0.1, 0.15) is 0 Å². The van der Waals surface area contributed by atoms with E-state index in [1.54, 1.807) is 0 Å². The number of rotatable bonds is 3. The van der Waals surface area contributed by atoms with Gasteiger partial charge in [0.25, 0.3) is 0 Å². The van der Waals surface area contributed by atoms with Crippen molar-refractivity contribution in [2.45, 2.75) is 26.3 Å². The van der Waals surface area contributed by atoms with Crippen molar-refractivity contribution in [1.82, 2.24) is 10.2 Å². The zero-order valence-corrected chi connectivity index (χ0v) is 12.3. The Morgan fingerprint density at radius 2 is 2.11 bits per heavy atom. The Morgan fingerprint density at radius 1 is 1.42 bits per heavy atom. The smallest absolute Gasteiger partial charge is 0.229 e. The summed E-state index contributed by atoms with van der Waals surface area (Å²) in [4.78, 5) is 14.4. The third-order valence-corrected chi connectivity index (χ3v) is 4.05. The van der Waals surface area contributed by atoms with Crippen LogP contribution in [0.5, 0.6) is 0 Å². The Labute approximate surface area is 119 Å². The van der Waals surface area contributed by atoms with Crippen molar-refractivity contribution in [3.05, 3.63) is 34.9 Å². The summed E-state index contributed by atoms with van der Waals surface area (Å²) in [5.74, 6) is 0.217. The molecule has 1 aromatic rings. The number of carbonyl (C=O) groups excluding carboxylic acids is 1. The zero-order valence-electron chi connectivity index (χ0n) is 11.6. The highest BCUT2D eigenvalue weighted by atomic mass is 35.5. The van der Waals surface area contributed by atoms with E-state index >= 15 is 0 Å². The molecule has 1 amide bonds. The monoisotopic (exact) mass is 280 g/mol. The van der Waals surface area contributed by atoms with Gasteiger partial charge in [-0.1, -0.05) is 23.7 Å². The Bertz CT molecular complexity index is 438. The highest BCUT2D eigenvalue weighted by Crippen LogP contribution is 2.28. The minimum atomic E-state index is -0.264. The van der Waals surface area contributed by atoms with E-state index in [1.165, 1.54) is 0 Å². The molecule has 0 saturated carbocycles. The zero-order chi connectivity index (χ0) is 13.9. The molecule has 1 aliphatic heterocycles. The molecule has 1 heterocycles. The maximum Gasteiger partial charge on any atom is 0.229 e. The molecule has 1 unspecified atom stereocenters. The summed E-state index contributed by atoms with van der Waals surface area (Å²) in [5.41, 5.74) is 0.840. The largest absolute Gasteiger partial charge is 0.341 e. The Balaban J connectivity index is 2.00. The molecule has 0 spiro atoms. The third kappa shape index (κ3) is 3.48. The Morgan fingerprint density at radius 3 is 2.68 bits per heavy atom. The summed E-state index contributed by atoms with van der Waals surface area (Å²) < 4.78 is 0. The number of amides is 1. The van der Waals surface area contributed by atoms with Gasteiger partial charge in [0.2, 0.25) is 5.91 Å². The van der Waals surface area contributed by atoms with Crippen LogP contribution in [0.25, 0.3) is 0 Å². The molecule has 0 bridgehead atoms. The molecule has 0 radical (unpaired) electrons. The van der Waals surface area contributed by atoms with E-state index in [2.05, 4.69) is 12.2 Å². The van der Waals surface area contributed by atoms with Crippen LogP contribution >= 0.6 is 11.6 Å². The van der Waals surface area contributed by atoms with Crippen LogP contribution in [-0.4, -0.2) is 30.9 Å². The summed E-state index contributed by atoms with van der Waals surface area (Å²) in [6.45, 7) is 4.48. The molecule has 104 valence electrons. The lowest BCUT2D eigenvalue weighted by molar-refractivity contribution is -0.141. The van der Waals surface area contributed by atoms with Crippen LogP contribution in [0.2, 0.25) is 5.02 Å². The predicted octanol–water partition coefficient (Wildman–Crippen LogP) is 2.69. The number of benzene rings is 1. The average Bonchev–Trinajstić information content (AvgIpc) is 2.41. The number of piperidine rings is 1. The summed E-state index contributed by atoms with van der Waals surface area (Å²) >= 11 is 5.87. The Hall–Kier alpha value is -1.06. The normalized spacial score (nSPS) is 23.1. The topological polar surface area (TPSA) is 32.3 Å².